The summed E-state index contributed by atoms with van der Waals surface area (Å²) in [6.07, 6.45) is 1.24. The first-order valence-electron chi connectivity index (χ1n) is 11.3. The highest BCUT2D eigenvalue weighted by atomic mass is 35.5. The molecule has 1 unspecified atom stereocenters. The van der Waals surface area contributed by atoms with Crippen LogP contribution in [0.5, 0.6) is 0 Å². The average molecular weight is 478 g/mol. The van der Waals surface area contributed by atoms with Gasteiger partial charge in [-0.15, -0.1) is 0 Å². The van der Waals surface area contributed by atoms with Crippen LogP contribution in [0.2, 0.25) is 5.02 Å². The number of hydrogen-bond donors (Lipinski definition) is 0. The summed E-state index contributed by atoms with van der Waals surface area (Å²) >= 11 is 6.09. The highest BCUT2D eigenvalue weighted by Crippen LogP contribution is 2.28. The van der Waals surface area contributed by atoms with E-state index in [1.54, 1.807) is 51.9 Å². The van der Waals surface area contributed by atoms with Crippen molar-refractivity contribution in [1.29, 1.82) is 0 Å². The van der Waals surface area contributed by atoms with Crippen molar-refractivity contribution in [3.05, 3.63) is 105 Å². The lowest BCUT2D eigenvalue weighted by Gasteiger charge is -2.32. The average Bonchev–Trinajstić information content (AvgIpc) is 2.85. The highest BCUT2D eigenvalue weighted by molar-refractivity contribution is 6.30. The van der Waals surface area contributed by atoms with Crippen LogP contribution in [0, 0.1) is 5.82 Å². The minimum atomic E-state index is -0.481. The molecule has 0 radical (unpaired) electrons. The molecule has 4 rings (SSSR count). The molecule has 0 aliphatic rings. The number of aromatic nitrogens is 2. The molecule has 34 heavy (non-hydrogen) atoms. The highest BCUT2D eigenvalue weighted by Gasteiger charge is 2.29. The molecule has 1 aromatic heterocycles. The van der Waals surface area contributed by atoms with E-state index in [-0.39, 0.29) is 11.5 Å². The summed E-state index contributed by atoms with van der Waals surface area (Å²) in [7, 11) is 0. The van der Waals surface area contributed by atoms with Gasteiger partial charge in [0.1, 0.15) is 11.6 Å². The van der Waals surface area contributed by atoms with E-state index < -0.39 is 11.9 Å². The van der Waals surface area contributed by atoms with Crippen molar-refractivity contribution >= 4 is 28.4 Å². The third-order valence-electron chi connectivity index (χ3n) is 5.76. The summed E-state index contributed by atoms with van der Waals surface area (Å²) in [6, 6.07) is 19.2. The Balaban J connectivity index is 1.93. The van der Waals surface area contributed by atoms with Crippen LogP contribution in [0.25, 0.3) is 16.6 Å². The molecule has 5 nitrogen and oxygen atoms in total. The third kappa shape index (κ3) is 4.59. The van der Waals surface area contributed by atoms with Gasteiger partial charge in [-0.25, -0.2) is 9.37 Å². The van der Waals surface area contributed by atoms with Gasteiger partial charge in [0.25, 0.3) is 11.5 Å². The lowest BCUT2D eigenvalue weighted by Crippen LogP contribution is -2.39. The molecule has 1 atom stereocenters. The quantitative estimate of drug-likeness (QED) is 0.319. The van der Waals surface area contributed by atoms with Gasteiger partial charge in [0.15, 0.2) is 0 Å². The number of hydrogen-bond acceptors (Lipinski definition) is 3. The number of carbonyl (C=O) groups is 1. The van der Waals surface area contributed by atoms with Gasteiger partial charge in [0.05, 0.1) is 22.6 Å². The maximum atomic E-state index is 13.7. The Morgan fingerprint density at radius 3 is 2.35 bits per heavy atom. The number of amides is 1. The number of fused-ring (bicyclic) bond motifs is 1. The van der Waals surface area contributed by atoms with E-state index in [9.17, 15) is 14.0 Å². The van der Waals surface area contributed by atoms with E-state index in [2.05, 4.69) is 0 Å². The molecule has 0 bridgehead atoms. The van der Waals surface area contributed by atoms with Crippen LogP contribution in [0.4, 0.5) is 4.39 Å². The molecule has 0 fully saturated rings. The first-order valence-corrected chi connectivity index (χ1v) is 11.7. The Kier molecular flexibility index (Phi) is 7.08. The van der Waals surface area contributed by atoms with Crippen molar-refractivity contribution < 1.29 is 9.18 Å². The molecule has 3 aromatic carbocycles. The van der Waals surface area contributed by atoms with Gasteiger partial charge in [0.2, 0.25) is 0 Å². The number of rotatable bonds is 7. The number of para-hydroxylation sites is 1. The second-order valence-corrected chi connectivity index (χ2v) is 8.47. The van der Waals surface area contributed by atoms with Crippen molar-refractivity contribution in [2.45, 2.75) is 32.7 Å². The number of benzene rings is 3. The van der Waals surface area contributed by atoms with Crippen LogP contribution in [-0.4, -0.2) is 26.9 Å². The zero-order valence-electron chi connectivity index (χ0n) is 19.0. The number of carbonyl (C=O) groups excluding carboxylic acids is 1. The van der Waals surface area contributed by atoms with E-state index >= 15 is 0 Å². The molecular formula is C27H25ClFN3O2. The lowest BCUT2D eigenvalue weighted by molar-refractivity contribution is 0.0659. The summed E-state index contributed by atoms with van der Waals surface area (Å²) in [6.45, 7) is 4.40. The summed E-state index contributed by atoms with van der Waals surface area (Å²) < 4.78 is 15.0. The van der Waals surface area contributed by atoms with E-state index in [0.717, 1.165) is 0 Å². The molecule has 4 aromatic rings. The molecule has 0 aliphatic carbocycles. The van der Waals surface area contributed by atoms with Gasteiger partial charge < -0.3 is 4.90 Å². The van der Waals surface area contributed by atoms with Crippen molar-refractivity contribution in [3.63, 3.8) is 0 Å². The van der Waals surface area contributed by atoms with Gasteiger partial charge in [-0.1, -0.05) is 37.6 Å². The first kappa shape index (κ1) is 23.6. The van der Waals surface area contributed by atoms with E-state index in [1.165, 1.54) is 24.3 Å². The predicted octanol–water partition coefficient (Wildman–Crippen LogP) is 6.18. The number of halogens is 2. The molecule has 0 saturated heterocycles. The normalized spacial score (nSPS) is 12.0. The van der Waals surface area contributed by atoms with Gasteiger partial charge in [-0.2, -0.15) is 0 Å². The molecule has 1 amide bonds. The Morgan fingerprint density at radius 2 is 1.71 bits per heavy atom. The molecule has 7 heteroatoms. The minimum absolute atomic E-state index is 0.216. The topological polar surface area (TPSA) is 55.2 Å². The SMILES string of the molecule is CCCN(C(=O)c1ccc(F)cc1)C(CC)c1nc2ccccc2c(=O)n1-c1ccc(Cl)cc1. The molecule has 0 spiro atoms. The first-order chi connectivity index (χ1) is 16.4. The summed E-state index contributed by atoms with van der Waals surface area (Å²) in [4.78, 5) is 33.8. The molecular weight excluding hydrogens is 453 g/mol. The fraction of sp³-hybridized carbons (Fsp3) is 0.222. The molecule has 1 heterocycles. The van der Waals surface area contributed by atoms with Gasteiger partial charge in [0, 0.05) is 17.1 Å². The second kappa shape index (κ2) is 10.2. The fourth-order valence-electron chi connectivity index (χ4n) is 4.15. The minimum Gasteiger partial charge on any atom is -0.328 e. The van der Waals surface area contributed by atoms with Gasteiger partial charge in [-0.05, 0) is 73.5 Å². The van der Waals surface area contributed by atoms with Crippen molar-refractivity contribution in [3.8, 4) is 5.69 Å². The van der Waals surface area contributed by atoms with E-state index in [4.69, 9.17) is 16.6 Å². The van der Waals surface area contributed by atoms with Crippen molar-refractivity contribution in [2.24, 2.45) is 0 Å². The van der Waals surface area contributed by atoms with Crippen LogP contribution in [-0.2, 0) is 0 Å². The van der Waals surface area contributed by atoms with Crippen molar-refractivity contribution in [1.82, 2.24) is 14.5 Å². The van der Waals surface area contributed by atoms with Crippen LogP contribution < -0.4 is 5.56 Å². The predicted molar refractivity (Wildman–Crippen MR) is 133 cm³/mol. The monoisotopic (exact) mass is 477 g/mol. The summed E-state index contributed by atoms with van der Waals surface area (Å²) in [5, 5.41) is 1.04. The lowest BCUT2D eigenvalue weighted by atomic mass is 10.1. The van der Waals surface area contributed by atoms with Gasteiger partial charge >= 0.3 is 0 Å². The summed E-state index contributed by atoms with van der Waals surface area (Å²) in [5.41, 5.74) is 1.35. The molecule has 0 N–H and O–H groups in total. The standard InChI is InChI=1S/C27H25ClFN3O2/c1-3-17-31(26(33)18-9-13-20(29)14-10-18)24(4-2)25-30-23-8-6-5-7-22(23)27(34)32(25)21-15-11-19(28)12-16-21/h5-16,24H,3-4,17H2,1-2H3. The van der Waals surface area contributed by atoms with Crippen LogP contribution >= 0.6 is 11.6 Å². The molecule has 0 saturated carbocycles. The summed E-state index contributed by atoms with van der Waals surface area (Å²) in [5.74, 6) is -0.172. The zero-order valence-corrected chi connectivity index (χ0v) is 19.8. The Labute approximate surface area is 202 Å². The number of nitrogens with zero attached hydrogens (tertiary/aromatic N) is 3. The zero-order chi connectivity index (χ0) is 24.2. The maximum absolute atomic E-state index is 13.7. The van der Waals surface area contributed by atoms with Gasteiger partial charge in [-0.3, -0.25) is 14.2 Å². The largest absolute Gasteiger partial charge is 0.328 e. The maximum Gasteiger partial charge on any atom is 0.266 e. The molecule has 0 aliphatic heterocycles. The fourth-order valence-corrected chi connectivity index (χ4v) is 4.28. The third-order valence-corrected chi connectivity index (χ3v) is 6.02. The Morgan fingerprint density at radius 1 is 1.03 bits per heavy atom. The van der Waals surface area contributed by atoms with Crippen LogP contribution in [0.1, 0.15) is 48.9 Å². The van der Waals surface area contributed by atoms with Crippen LogP contribution in [0.3, 0.4) is 0 Å². The molecule has 174 valence electrons. The van der Waals surface area contributed by atoms with Crippen molar-refractivity contribution in [2.75, 3.05) is 6.54 Å². The Bertz CT molecular complexity index is 1370. The smallest absolute Gasteiger partial charge is 0.266 e. The van der Waals surface area contributed by atoms with E-state index in [0.29, 0.717) is 52.4 Å². The second-order valence-electron chi connectivity index (χ2n) is 8.03. The Hall–Kier alpha value is -3.51. The van der Waals surface area contributed by atoms with Crippen LogP contribution in [0.15, 0.2) is 77.6 Å². The van der Waals surface area contributed by atoms with E-state index in [1.807, 2.05) is 19.9 Å².